The van der Waals surface area contributed by atoms with Gasteiger partial charge in [0.2, 0.25) is 0 Å². The van der Waals surface area contributed by atoms with Gasteiger partial charge in [-0.15, -0.1) is 0 Å². The topological polar surface area (TPSA) is 38.7 Å². The summed E-state index contributed by atoms with van der Waals surface area (Å²) in [5.41, 5.74) is 0. The van der Waals surface area contributed by atoms with Crippen LogP contribution in [0.3, 0.4) is 0 Å². The molecule has 0 bridgehead atoms. The van der Waals surface area contributed by atoms with Crippen molar-refractivity contribution in [3.05, 3.63) is 30.3 Å². The molecule has 0 unspecified atom stereocenters. The first-order valence-electron chi connectivity index (χ1n) is 3.62. The molecule has 0 aliphatic rings. The number of alkyl halides is 3. The van der Waals surface area contributed by atoms with E-state index in [1.807, 2.05) is 0 Å². The molecule has 0 aromatic heterocycles. The quantitative estimate of drug-likeness (QED) is 0.665. The van der Waals surface area contributed by atoms with E-state index in [2.05, 4.69) is 4.65 Å². The van der Waals surface area contributed by atoms with Crippen molar-refractivity contribution >= 4 is 42.1 Å². The molecule has 0 saturated heterocycles. The minimum Gasteiger partial charge on any atom is -0.512 e. The van der Waals surface area contributed by atoms with E-state index in [4.69, 9.17) is 44.5 Å². The smallest absolute Gasteiger partial charge is 0.512 e. The Hall–Kier alpha value is -0.125. The highest BCUT2D eigenvalue weighted by atomic mass is 35.6. The second-order valence-electron chi connectivity index (χ2n) is 2.30. The first-order valence-corrected chi connectivity index (χ1v) is 4.75. The zero-order valence-corrected chi connectivity index (χ0v) is 9.13. The molecule has 0 radical (unpaired) electrons. The van der Waals surface area contributed by atoms with Gasteiger partial charge in [0.15, 0.2) is 0 Å². The molecule has 76 valence electrons. The molecule has 0 aliphatic carbocycles. The molecule has 14 heavy (non-hydrogen) atoms. The van der Waals surface area contributed by atoms with Gasteiger partial charge >= 0.3 is 7.32 Å². The predicted molar refractivity (Wildman–Crippen MR) is 56.4 cm³/mol. The number of rotatable bonds is 3. The van der Waals surface area contributed by atoms with Crippen LogP contribution in [-0.4, -0.2) is 16.3 Å². The van der Waals surface area contributed by atoms with Crippen LogP contribution in [0.5, 0.6) is 5.75 Å². The second-order valence-corrected chi connectivity index (χ2v) is 4.48. The molecule has 0 heterocycles. The third-order valence-corrected chi connectivity index (χ3v) is 1.48. The van der Waals surface area contributed by atoms with Crippen molar-refractivity contribution in [1.82, 2.24) is 0 Å². The van der Waals surface area contributed by atoms with Gasteiger partial charge in [0.25, 0.3) is 3.98 Å². The lowest BCUT2D eigenvalue weighted by molar-refractivity contribution is 0.192. The fourth-order valence-corrected chi connectivity index (χ4v) is 0.982. The molecule has 1 aromatic carbocycles. The van der Waals surface area contributed by atoms with E-state index in [0.717, 1.165) is 0 Å². The summed E-state index contributed by atoms with van der Waals surface area (Å²) < 4.78 is 7.34. The summed E-state index contributed by atoms with van der Waals surface area (Å²) >= 11 is 15.8. The molecule has 1 N–H and O–H groups in total. The highest BCUT2D eigenvalue weighted by molar-refractivity contribution is 6.67. The largest absolute Gasteiger partial charge is 0.713 e. The van der Waals surface area contributed by atoms with Crippen molar-refractivity contribution in [2.24, 2.45) is 0 Å². The van der Waals surface area contributed by atoms with Gasteiger partial charge in [-0.3, -0.25) is 0 Å². The minimum atomic E-state index is -2.01. The molecular formula is C7H6BCl3O3. The molecule has 7 heteroatoms. The molecule has 0 aliphatic heterocycles. The van der Waals surface area contributed by atoms with Crippen LogP contribution in [0.15, 0.2) is 30.3 Å². The van der Waals surface area contributed by atoms with Crippen LogP contribution in [0.25, 0.3) is 0 Å². The van der Waals surface area contributed by atoms with Crippen molar-refractivity contribution < 1.29 is 14.3 Å². The maximum Gasteiger partial charge on any atom is 0.713 e. The molecule has 1 rings (SSSR count). The van der Waals surface area contributed by atoms with Crippen LogP contribution in [0, 0.1) is 0 Å². The molecule has 0 spiro atoms. The summed E-state index contributed by atoms with van der Waals surface area (Å²) in [6, 6.07) is 8.53. The van der Waals surface area contributed by atoms with E-state index in [1.54, 1.807) is 30.3 Å². The zero-order chi connectivity index (χ0) is 10.6. The third-order valence-electron chi connectivity index (χ3n) is 1.21. The van der Waals surface area contributed by atoms with E-state index in [1.165, 1.54) is 0 Å². The molecule has 0 atom stereocenters. The monoisotopic (exact) mass is 254 g/mol. The fourth-order valence-electron chi connectivity index (χ4n) is 0.754. The Morgan fingerprint density at radius 1 is 1.14 bits per heavy atom. The Kier molecular flexibility index (Phi) is 4.35. The normalized spacial score (nSPS) is 11.1. The molecule has 0 amide bonds. The Bertz CT molecular complexity index is 277. The minimum absolute atomic E-state index is 0.411. The van der Waals surface area contributed by atoms with E-state index in [-0.39, 0.29) is 0 Å². The van der Waals surface area contributed by atoms with Crippen molar-refractivity contribution in [1.29, 1.82) is 0 Å². The average molecular weight is 255 g/mol. The predicted octanol–water partition coefficient (Wildman–Crippen LogP) is 2.39. The van der Waals surface area contributed by atoms with Crippen molar-refractivity contribution in [2.45, 2.75) is 3.98 Å². The van der Waals surface area contributed by atoms with E-state index >= 15 is 0 Å². The van der Waals surface area contributed by atoms with Gasteiger partial charge in [-0.25, -0.2) is 0 Å². The third kappa shape index (κ3) is 4.93. The number of para-hydroxylation sites is 1. The highest BCUT2D eigenvalue weighted by Gasteiger charge is 2.31. The fraction of sp³-hybridized carbons (Fsp3) is 0.143. The van der Waals surface area contributed by atoms with Gasteiger partial charge in [-0.2, -0.15) is 0 Å². The first-order chi connectivity index (χ1) is 6.47. The number of hydrogen-bond donors (Lipinski definition) is 1. The van der Waals surface area contributed by atoms with Crippen molar-refractivity contribution in [3.63, 3.8) is 0 Å². The lowest BCUT2D eigenvalue weighted by Crippen LogP contribution is -2.31. The standard InChI is InChI=1S/C7H6BCl3O3/c9-7(10,11)14-8(12)13-6-4-2-1-3-5-6/h1-5,12H. The van der Waals surface area contributed by atoms with Crippen molar-refractivity contribution in [2.75, 3.05) is 0 Å². The van der Waals surface area contributed by atoms with E-state index in [9.17, 15) is 0 Å². The summed E-state index contributed by atoms with van der Waals surface area (Å²) in [6.45, 7) is 0. The summed E-state index contributed by atoms with van der Waals surface area (Å²) in [4.78, 5) is 0. The summed E-state index contributed by atoms with van der Waals surface area (Å²) in [5, 5.41) is 9.14. The average Bonchev–Trinajstić information content (AvgIpc) is 2.02. The Labute approximate surface area is 96.7 Å². The highest BCUT2D eigenvalue weighted by Crippen LogP contribution is 2.28. The van der Waals surface area contributed by atoms with Crippen LogP contribution in [0.1, 0.15) is 0 Å². The van der Waals surface area contributed by atoms with Gasteiger partial charge in [0, 0.05) is 0 Å². The number of hydrogen-bond acceptors (Lipinski definition) is 3. The number of benzene rings is 1. The van der Waals surface area contributed by atoms with Crippen LogP contribution in [0.4, 0.5) is 0 Å². The zero-order valence-electron chi connectivity index (χ0n) is 6.86. The molecule has 1 aromatic rings. The van der Waals surface area contributed by atoms with Gasteiger partial charge in [0.1, 0.15) is 5.75 Å². The van der Waals surface area contributed by atoms with Crippen LogP contribution in [0.2, 0.25) is 0 Å². The maximum atomic E-state index is 9.14. The Morgan fingerprint density at radius 2 is 1.71 bits per heavy atom. The molecular weight excluding hydrogens is 249 g/mol. The van der Waals surface area contributed by atoms with Crippen LogP contribution >= 0.6 is 34.8 Å². The summed E-state index contributed by atoms with van der Waals surface area (Å²) in [5.74, 6) is 0.411. The first kappa shape index (κ1) is 11.9. The molecule has 3 nitrogen and oxygen atoms in total. The second kappa shape index (κ2) is 5.10. The number of halogens is 3. The Balaban J connectivity index is 2.46. The van der Waals surface area contributed by atoms with Gasteiger partial charge < -0.3 is 14.3 Å². The summed E-state index contributed by atoms with van der Waals surface area (Å²) in [6.07, 6.45) is 0. The van der Waals surface area contributed by atoms with Crippen LogP contribution in [-0.2, 0) is 4.65 Å². The molecule has 0 saturated carbocycles. The Morgan fingerprint density at radius 3 is 2.21 bits per heavy atom. The van der Waals surface area contributed by atoms with Gasteiger partial charge in [-0.05, 0) is 12.1 Å². The molecule has 0 fully saturated rings. The van der Waals surface area contributed by atoms with Crippen molar-refractivity contribution in [3.8, 4) is 5.75 Å². The SMILES string of the molecule is OB(Oc1ccccc1)OC(Cl)(Cl)Cl. The van der Waals surface area contributed by atoms with E-state index < -0.39 is 11.3 Å². The van der Waals surface area contributed by atoms with Crippen LogP contribution < -0.4 is 4.65 Å². The van der Waals surface area contributed by atoms with Gasteiger partial charge in [0.05, 0.1) is 0 Å². The summed E-state index contributed by atoms with van der Waals surface area (Å²) in [7, 11) is -1.62. The van der Waals surface area contributed by atoms with Gasteiger partial charge in [-0.1, -0.05) is 53.0 Å². The van der Waals surface area contributed by atoms with E-state index in [0.29, 0.717) is 5.75 Å². The lowest BCUT2D eigenvalue weighted by atomic mass is 10.2. The lowest BCUT2D eigenvalue weighted by Gasteiger charge is -2.14. The maximum absolute atomic E-state index is 9.14.